The Hall–Kier alpha value is -1.08. The van der Waals surface area contributed by atoms with Crippen LogP contribution in [-0.4, -0.2) is 11.2 Å². The molecule has 1 nitrogen and oxygen atoms in total. The van der Waals surface area contributed by atoms with Crippen LogP contribution in [0.25, 0.3) is 0 Å². The van der Waals surface area contributed by atoms with Crippen LogP contribution in [-0.2, 0) is 6.42 Å². The van der Waals surface area contributed by atoms with Gasteiger partial charge >= 0.3 is 0 Å². The van der Waals surface area contributed by atoms with E-state index in [1.54, 1.807) is 0 Å². The summed E-state index contributed by atoms with van der Waals surface area (Å²) in [6.45, 7) is 8.18. The van der Waals surface area contributed by atoms with E-state index in [0.29, 0.717) is 6.42 Å². The molecular weight excluding hydrogens is 184 g/mol. The van der Waals surface area contributed by atoms with Crippen molar-refractivity contribution in [3.8, 4) is 0 Å². The van der Waals surface area contributed by atoms with Crippen molar-refractivity contribution in [2.24, 2.45) is 0 Å². The van der Waals surface area contributed by atoms with E-state index in [9.17, 15) is 5.11 Å². The molecule has 1 N–H and O–H groups in total. The molecule has 0 amide bonds. The van der Waals surface area contributed by atoms with Gasteiger partial charge in [0.15, 0.2) is 0 Å². The Morgan fingerprint density at radius 2 is 2.00 bits per heavy atom. The summed E-state index contributed by atoms with van der Waals surface area (Å²) in [5.41, 5.74) is 4.90. The van der Waals surface area contributed by atoms with Gasteiger partial charge in [0.05, 0.1) is 6.10 Å². The zero-order chi connectivity index (χ0) is 11.4. The second-order valence-corrected chi connectivity index (χ2v) is 4.45. The largest absolute Gasteiger partial charge is 0.389 e. The molecule has 82 valence electrons. The normalized spacial score (nSPS) is 12.3. The second-order valence-electron chi connectivity index (χ2n) is 4.45. The maximum Gasteiger partial charge on any atom is 0.0763 e. The zero-order valence-corrected chi connectivity index (χ0v) is 10.0. The van der Waals surface area contributed by atoms with Crippen LogP contribution < -0.4 is 0 Å². The monoisotopic (exact) mass is 204 g/mol. The van der Waals surface area contributed by atoms with Gasteiger partial charge in [0, 0.05) is 6.42 Å². The first-order chi connectivity index (χ1) is 6.99. The summed E-state index contributed by atoms with van der Waals surface area (Å²) in [6, 6.07) is 6.36. The topological polar surface area (TPSA) is 20.2 Å². The van der Waals surface area contributed by atoms with Crippen molar-refractivity contribution in [3.63, 3.8) is 0 Å². The molecule has 1 unspecified atom stereocenters. The van der Waals surface area contributed by atoms with Crippen LogP contribution in [0, 0.1) is 13.8 Å². The molecule has 1 atom stereocenters. The Morgan fingerprint density at radius 1 is 1.33 bits per heavy atom. The van der Waals surface area contributed by atoms with Gasteiger partial charge in [-0.2, -0.15) is 0 Å². The highest BCUT2D eigenvalue weighted by atomic mass is 16.3. The third-order valence-electron chi connectivity index (χ3n) is 2.46. The van der Waals surface area contributed by atoms with Gasteiger partial charge < -0.3 is 5.11 Å². The number of aliphatic hydroxyl groups excluding tert-OH is 1. The lowest BCUT2D eigenvalue weighted by Gasteiger charge is -2.10. The third kappa shape index (κ3) is 3.88. The molecule has 0 saturated heterocycles. The number of aliphatic hydroxyl groups is 1. The summed E-state index contributed by atoms with van der Waals surface area (Å²) in [5.74, 6) is 0. The zero-order valence-electron chi connectivity index (χ0n) is 10.0. The van der Waals surface area contributed by atoms with Gasteiger partial charge in [0.2, 0.25) is 0 Å². The van der Waals surface area contributed by atoms with Crippen LogP contribution in [0.15, 0.2) is 29.8 Å². The van der Waals surface area contributed by atoms with Crippen molar-refractivity contribution in [1.82, 2.24) is 0 Å². The Kier molecular flexibility index (Phi) is 4.10. The van der Waals surface area contributed by atoms with Gasteiger partial charge in [-0.05, 0) is 38.8 Å². The van der Waals surface area contributed by atoms with Crippen LogP contribution in [0.4, 0.5) is 0 Å². The maximum absolute atomic E-state index is 9.81. The predicted octanol–water partition coefficient (Wildman–Crippen LogP) is 3.17. The minimum absolute atomic E-state index is 0.365. The standard InChI is InChI=1S/C14H20O/c1-10(2)7-14(15)9-13-8-11(3)5-6-12(13)4/h5-8,14-15H,9H2,1-4H3. The van der Waals surface area contributed by atoms with Crippen molar-refractivity contribution >= 4 is 0 Å². The van der Waals surface area contributed by atoms with Gasteiger partial charge in [-0.25, -0.2) is 0 Å². The van der Waals surface area contributed by atoms with Gasteiger partial charge in [-0.15, -0.1) is 0 Å². The lowest BCUT2D eigenvalue weighted by atomic mass is 9.99. The lowest BCUT2D eigenvalue weighted by molar-refractivity contribution is 0.222. The molecule has 1 heteroatoms. The molecule has 0 aliphatic heterocycles. The van der Waals surface area contributed by atoms with E-state index in [1.165, 1.54) is 16.7 Å². The molecule has 0 radical (unpaired) electrons. The molecule has 1 rings (SSSR count). The van der Waals surface area contributed by atoms with Gasteiger partial charge in [-0.3, -0.25) is 0 Å². The highest BCUT2D eigenvalue weighted by Crippen LogP contribution is 2.13. The first-order valence-electron chi connectivity index (χ1n) is 5.38. The highest BCUT2D eigenvalue weighted by molar-refractivity contribution is 5.31. The fourth-order valence-electron chi connectivity index (χ4n) is 1.69. The molecule has 0 aromatic heterocycles. The molecule has 0 saturated carbocycles. The number of hydrogen-bond donors (Lipinski definition) is 1. The Balaban J connectivity index is 2.80. The van der Waals surface area contributed by atoms with Gasteiger partial charge in [0.1, 0.15) is 0 Å². The van der Waals surface area contributed by atoms with Crippen LogP contribution in [0.1, 0.15) is 30.5 Å². The average molecular weight is 204 g/mol. The molecule has 0 heterocycles. The number of allylic oxidation sites excluding steroid dienone is 1. The first-order valence-corrected chi connectivity index (χ1v) is 5.38. The SMILES string of the molecule is CC(C)=CC(O)Cc1cc(C)ccc1C. The molecule has 0 aliphatic carbocycles. The maximum atomic E-state index is 9.81. The number of rotatable bonds is 3. The first kappa shape index (κ1) is 12.0. The summed E-state index contributed by atoms with van der Waals surface area (Å²) in [7, 11) is 0. The van der Waals surface area contributed by atoms with Crippen LogP contribution in [0.2, 0.25) is 0 Å². The van der Waals surface area contributed by atoms with Crippen LogP contribution in [0.3, 0.4) is 0 Å². The van der Waals surface area contributed by atoms with Gasteiger partial charge in [0.25, 0.3) is 0 Å². The Bertz CT molecular complexity index is 360. The summed E-state index contributed by atoms with van der Waals surface area (Å²) < 4.78 is 0. The smallest absolute Gasteiger partial charge is 0.0763 e. The fourth-order valence-corrected chi connectivity index (χ4v) is 1.69. The summed E-state index contributed by atoms with van der Waals surface area (Å²) >= 11 is 0. The summed E-state index contributed by atoms with van der Waals surface area (Å²) in [4.78, 5) is 0. The van der Waals surface area contributed by atoms with Crippen LogP contribution in [0.5, 0.6) is 0 Å². The van der Waals surface area contributed by atoms with Crippen LogP contribution >= 0.6 is 0 Å². The van der Waals surface area contributed by atoms with Gasteiger partial charge in [-0.1, -0.05) is 35.4 Å². The fraction of sp³-hybridized carbons (Fsp3) is 0.429. The van der Waals surface area contributed by atoms with E-state index in [2.05, 4.69) is 32.0 Å². The third-order valence-corrected chi connectivity index (χ3v) is 2.46. The summed E-state index contributed by atoms with van der Waals surface area (Å²) in [6.07, 6.45) is 2.25. The molecule has 1 aromatic rings. The predicted molar refractivity (Wildman–Crippen MR) is 65.1 cm³/mol. The van der Waals surface area contributed by atoms with Crippen molar-refractivity contribution in [2.45, 2.75) is 40.2 Å². The van der Waals surface area contributed by atoms with E-state index in [-0.39, 0.29) is 6.10 Å². The lowest BCUT2D eigenvalue weighted by Crippen LogP contribution is -2.08. The second kappa shape index (κ2) is 5.13. The number of hydrogen-bond acceptors (Lipinski definition) is 1. The molecule has 0 bridgehead atoms. The Morgan fingerprint density at radius 3 is 2.60 bits per heavy atom. The molecular formula is C14H20O. The molecule has 1 aromatic carbocycles. The van der Waals surface area contributed by atoms with Crippen molar-refractivity contribution in [3.05, 3.63) is 46.5 Å². The van der Waals surface area contributed by atoms with E-state index in [4.69, 9.17) is 0 Å². The molecule has 0 spiro atoms. The number of benzene rings is 1. The molecule has 0 fully saturated rings. The highest BCUT2D eigenvalue weighted by Gasteiger charge is 2.05. The van der Waals surface area contributed by atoms with E-state index in [1.807, 2.05) is 19.9 Å². The quantitative estimate of drug-likeness (QED) is 0.750. The van der Waals surface area contributed by atoms with E-state index < -0.39 is 0 Å². The molecule has 15 heavy (non-hydrogen) atoms. The average Bonchev–Trinajstić information content (AvgIpc) is 2.10. The number of aryl methyl sites for hydroxylation is 2. The van der Waals surface area contributed by atoms with E-state index >= 15 is 0 Å². The minimum Gasteiger partial charge on any atom is -0.389 e. The van der Waals surface area contributed by atoms with Crippen molar-refractivity contribution < 1.29 is 5.11 Å². The minimum atomic E-state index is -0.365. The Labute approximate surface area is 92.5 Å². The van der Waals surface area contributed by atoms with Crippen molar-refractivity contribution in [1.29, 1.82) is 0 Å². The molecule has 0 aliphatic rings. The van der Waals surface area contributed by atoms with Crippen molar-refractivity contribution in [2.75, 3.05) is 0 Å². The summed E-state index contributed by atoms with van der Waals surface area (Å²) in [5, 5.41) is 9.81. The van der Waals surface area contributed by atoms with E-state index in [0.717, 1.165) is 5.57 Å².